The van der Waals surface area contributed by atoms with Gasteiger partial charge in [0.05, 0.1) is 6.61 Å². The second-order valence-corrected chi connectivity index (χ2v) is 5.13. The van der Waals surface area contributed by atoms with Crippen LogP contribution in [0.4, 0.5) is 0 Å². The molecule has 1 saturated heterocycles. The minimum atomic E-state index is -1.03. The van der Waals surface area contributed by atoms with Crippen molar-refractivity contribution < 1.29 is 19.8 Å². The molecule has 1 aromatic heterocycles. The summed E-state index contributed by atoms with van der Waals surface area (Å²) in [6.45, 7) is 3.70. The van der Waals surface area contributed by atoms with Crippen molar-refractivity contribution in [3.63, 3.8) is 0 Å². The quantitative estimate of drug-likeness (QED) is 0.780. The number of hydrogen-bond donors (Lipinski definition) is 2. The second-order valence-electron chi connectivity index (χ2n) is 5.13. The van der Waals surface area contributed by atoms with Gasteiger partial charge in [0.2, 0.25) is 5.91 Å². The van der Waals surface area contributed by atoms with Gasteiger partial charge in [0.25, 0.3) is 0 Å². The third-order valence-electron chi connectivity index (χ3n) is 3.71. The fourth-order valence-corrected chi connectivity index (χ4v) is 2.58. The van der Waals surface area contributed by atoms with Crippen LogP contribution in [-0.2, 0) is 11.3 Å². The van der Waals surface area contributed by atoms with Gasteiger partial charge in [0.1, 0.15) is 12.2 Å². The van der Waals surface area contributed by atoms with Crippen molar-refractivity contribution in [2.24, 2.45) is 0 Å². The summed E-state index contributed by atoms with van der Waals surface area (Å²) < 4.78 is 1.46. The number of aromatic nitrogens is 1. The Morgan fingerprint density at radius 1 is 1.19 bits per heavy atom. The third kappa shape index (κ3) is 4.05. The minimum absolute atomic E-state index is 0.0502. The molecule has 2 rings (SSSR count). The van der Waals surface area contributed by atoms with E-state index < -0.39 is 5.97 Å². The maximum Gasteiger partial charge on any atom is 0.352 e. The first-order chi connectivity index (χ1) is 10.1. The van der Waals surface area contributed by atoms with Crippen LogP contribution in [0.25, 0.3) is 0 Å². The number of nitrogens with zero attached hydrogens (tertiary/aromatic N) is 3. The van der Waals surface area contributed by atoms with Crippen molar-refractivity contribution in [3.05, 3.63) is 24.0 Å². The minimum Gasteiger partial charge on any atom is -0.477 e. The molecule has 0 spiro atoms. The number of aliphatic hydroxyl groups excluding tert-OH is 1. The van der Waals surface area contributed by atoms with Crippen LogP contribution in [0.15, 0.2) is 18.3 Å². The lowest BCUT2D eigenvalue weighted by atomic mass is 10.3. The predicted octanol–water partition coefficient (Wildman–Crippen LogP) is -0.287. The number of amides is 1. The van der Waals surface area contributed by atoms with Crippen LogP contribution in [-0.4, -0.2) is 75.8 Å². The second kappa shape index (κ2) is 7.24. The number of carboxylic acid groups (broad SMARTS) is 1. The predicted molar refractivity (Wildman–Crippen MR) is 76.1 cm³/mol. The molecule has 2 N–H and O–H groups in total. The molecule has 21 heavy (non-hydrogen) atoms. The standard InChI is InChI=1S/C14H21N3O4/c18-10-9-15-4-2-6-16(8-7-15)13(19)11-17-5-1-3-12(17)14(20)21/h1,3,5,18H,2,4,6-11H2,(H,20,21). The molecule has 0 radical (unpaired) electrons. The summed E-state index contributed by atoms with van der Waals surface area (Å²) in [5, 5.41) is 18.0. The average Bonchev–Trinajstić information content (AvgIpc) is 2.77. The van der Waals surface area contributed by atoms with Gasteiger partial charge < -0.3 is 19.7 Å². The Hall–Kier alpha value is -1.86. The van der Waals surface area contributed by atoms with Crippen LogP contribution in [0.2, 0.25) is 0 Å². The lowest BCUT2D eigenvalue weighted by Gasteiger charge is -2.22. The summed E-state index contributed by atoms with van der Waals surface area (Å²) in [6.07, 6.45) is 2.47. The Balaban J connectivity index is 1.94. The van der Waals surface area contributed by atoms with Crippen LogP contribution in [0.5, 0.6) is 0 Å². The van der Waals surface area contributed by atoms with Crippen molar-refractivity contribution in [2.75, 3.05) is 39.3 Å². The fourth-order valence-electron chi connectivity index (χ4n) is 2.58. The number of aromatic carboxylic acids is 1. The number of carboxylic acids is 1. The highest BCUT2D eigenvalue weighted by Crippen LogP contribution is 2.07. The molecule has 7 heteroatoms. The highest BCUT2D eigenvalue weighted by molar-refractivity contribution is 5.86. The van der Waals surface area contributed by atoms with E-state index >= 15 is 0 Å². The van der Waals surface area contributed by atoms with Crippen LogP contribution >= 0.6 is 0 Å². The molecule has 1 aliphatic heterocycles. The Morgan fingerprint density at radius 2 is 2.00 bits per heavy atom. The molecule has 1 amide bonds. The molecule has 0 atom stereocenters. The summed E-state index contributed by atoms with van der Waals surface area (Å²) in [6, 6.07) is 3.11. The Kier molecular flexibility index (Phi) is 5.35. The van der Waals surface area contributed by atoms with E-state index in [1.54, 1.807) is 17.2 Å². The first-order valence-corrected chi connectivity index (χ1v) is 7.11. The maximum absolute atomic E-state index is 12.3. The lowest BCUT2D eigenvalue weighted by Crippen LogP contribution is -2.37. The average molecular weight is 295 g/mol. The van der Waals surface area contributed by atoms with Crippen molar-refractivity contribution in [3.8, 4) is 0 Å². The van der Waals surface area contributed by atoms with E-state index in [4.69, 9.17) is 10.2 Å². The number of hydrogen-bond acceptors (Lipinski definition) is 4. The van der Waals surface area contributed by atoms with Gasteiger partial charge in [-0.2, -0.15) is 0 Å². The molecule has 1 aromatic rings. The zero-order valence-corrected chi connectivity index (χ0v) is 11.9. The van der Waals surface area contributed by atoms with Gasteiger partial charge >= 0.3 is 5.97 Å². The lowest BCUT2D eigenvalue weighted by molar-refractivity contribution is -0.131. The van der Waals surface area contributed by atoms with Gasteiger partial charge in [-0.1, -0.05) is 0 Å². The number of aliphatic hydroxyl groups is 1. The molecular formula is C14H21N3O4. The Morgan fingerprint density at radius 3 is 2.71 bits per heavy atom. The molecule has 0 bridgehead atoms. The molecule has 7 nitrogen and oxygen atoms in total. The smallest absolute Gasteiger partial charge is 0.352 e. The molecule has 0 aliphatic carbocycles. The monoisotopic (exact) mass is 295 g/mol. The highest BCUT2D eigenvalue weighted by atomic mass is 16.4. The van der Waals surface area contributed by atoms with E-state index in [0.29, 0.717) is 19.6 Å². The summed E-state index contributed by atoms with van der Waals surface area (Å²) in [7, 11) is 0. The highest BCUT2D eigenvalue weighted by Gasteiger charge is 2.20. The fraction of sp³-hybridized carbons (Fsp3) is 0.571. The first-order valence-electron chi connectivity index (χ1n) is 7.11. The zero-order valence-electron chi connectivity index (χ0n) is 11.9. The summed E-state index contributed by atoms with van der Waals surface area (Å²) in [5.74, 6) is -1.10. The zero-order chi connectivity index (χ0) is 15.2. The SMILES string of the molecule is O=C(O)c1cccn1CC(=O)N1CCCN(CCO)CC1. The maximum atomic E-state index is 12.3. The van der Waals surface area contributed by atoms with E-state index in [0.717, 1.165) is 19.5 Å². The summed E-state index contributed by atoms with van der Waals surface area (Å²) in [4.78, 5) is 27.2. The van der Waals surface area contributed by atoms with Crippen molar-refractivity contribution >= 4 is 11.9 Å². The van der Waals surface area contributed by atoms with Gasteiger partial charge in [-0.3, -0.25) is 9.69 Å². The van der Waals surface area contributed by atoms with E-state index in [9.17, 15) is 9.59 Å². The normalized spacial score (nSPS) is 16.7. The molecule has 1 aliphatic rings. The van der Waals surface area contributed by atoms with Crippen molar-refractivity contribution in [1.29, 1.82) is 0 Å². The molecule has 2 heterocycles. The van der Waals surface area contributed by atoms with Gasteiger partial charge in [0, 0.05) is 32.4 Å². The number of β-amino-alcohol motifs (C(OH)–C–C–N with tert-alkyl or cyclic N) is 1. The van der Waals surface area contributed by atoms with Crippen molar-refractivity contribution in [1.82, 2.24) is 14.4 Å². The van der Waals surface area contributed by atoms with Gasteiger partial charge in [-0.05, 0) is 25.1 Å². The van der Waals surface area contributed by atoms with Crippen LogP contribution < -0.4 is 0 Å². The van der Waals surface area contributed by atoms with E-state index in [-0.39, 0.29) is 24.8 Å². The van der Waals surface area contributed by atoms with Crippen LogP contribution in [0.1, 0.15) is 16.9 Å². The van der Waals surface area contributed by atoms with Crippen LogP contribution in [0.3, 0.4) is 0 Å². The molecule has 1 fully saturated rings. The number of carbonyl (C=O) groups excluding carboxylic acids is 1. The molecule has 0 saturated carbocycles. The first kappa shape index (κ1) is 15.5. The molecule has 0 unspecified atom stereocenters. The third-order valence-corrected chi connectivity index (χ3v) is 3.71. The Labute approximate surface area is 123 Å². The van der Waals surface area contributed by atoms with E-state index in [1.807, 2.05) is 0 Å². The van der Waals surface area contributed by atoms with Gasteiger partial charge in [0.15, 0.2) is 0 Å². The van der Waals surface area contributed by atoms with E-state index in [1.165, 1.54) is 10.6 Å². The largest absolute Gasteiger partial charge is 0.477 e. The Bertz CT molecular complexity index is 500. The van der Waals surface area contributed by atoms with Gasteiger partial charge in [-0.15, -0.1) is 0 Å². The molecule has 0 aromatic carbocycles. The van der Waals surface area contributed by atoms with Crippen molar-refractivity contribution in [2.45, 2.75) is 13.0 Å². The molecular weight excluding hydrogens is 274 g/mol. The topological polar surface area (TPSA) is 86.0 Å². The van der Waals surface area contributed by atoms with Crippen LogP contribution in [0, 0.1) is 0 Å². The summed E-state index contributed by atoms with van der Waals surface area (Å²) >= 11 is 0. The van der Waals surface area contributed by atoms with E-state index in [2.05, 4.69) is 4.90 Å². The molecule has 116 valence electrons. The van der Waals surface area contributed by atoms with Gasteiger partial charge in [-0.25, -0.2) is 4.79 Å². The number of rotatable bonds is 5. The summed E-state index contributed by atoms with van der Waals surface area (Å²) in [5.41, 5.74) is 0.125. The number of carbonyl (C=O) groups is 2.